The molecule has 2 heterocycles. The number of phenolic OH excluding ortho intramolecular Hbond substituents is 1. The first-order chi connectivity index (χ1) is 13.1. The Kier molecular flexibility index (Phi) is 4.75. The highest BCUT2D eigenvalue weighted by Gasteiger charge is 2.19. The molecule has 6 heteroatoms. The molecule has 0 aliphatic heterocycles. The molecule has 5 nitrogen and oxygen atoms in total. The highest BCUT2D eigenvalue weighted by molar-refractivity contribution is 7.21. The van der Waals surface area contributed by atoms with E-state index < -0.39 is 6.10 Å². The number of hydrogen-bond acceptors (Lipinski definition) is 6. The van der Waals surface area contributed by atoms with Crippen molar-refractivity contribution in [2.24, 2.45) is 0 Å². The molecule has 0 bridgehead atoms. The minimum Gasteiger partial charge on any atom is -0.508 e. The van der Waals surface area contributed by atoms with Crippen LogP contribution in [0.1, 0.15) is 18.6 Å². The van der Waals surface area contributed by atoms with Gasteiger partial charge in [-0.05, 0) is 36.2 Å². The van der Waals surface area contributed by atoms with Gasteiger partial charge in [-0.1, -0.05) is 42.5 Å². The van der Waals surface area contributed by atoms with Gasteiger partial charge in [0.05, 0.1) is 17.5 Å². The van der Waals surface area contributed by atoms with Crippen molar-refractivity contribution in [1.82, 2.24) is 9.97 Å². The van der Waals surface area contributed by atoms with E-state index in [0.29, 0.717) is 5.82 Å². The van der Waals surface area contributed by atoms with Gasteiger partial charge < -0.3 is 15.5 Å². The lowest BCUT2D eigenvalue weighted by molar-refractivity contribution is 0.160. The normalized spacial score (nSPS) is 13.4. The van der Waals surface area contributed by atoms with E-state index in [4.69, 9.17) is 0 Å². The minimum absolute atomic E-state index is 0.177. The molecule has 0 aliphatic rings. The van der Waals surface area contributed by atoms with Gasteiger partial charge in [0.15, 0.2) is 0 Å². The number of aromatic hydroxyl groups is 1. The SMILES string of the molecule is C[C@@H](Nc1ncnc2sc(-c3ccccc3)cc12)[C@@H](O)c1ccc(O)cc1. The van der Waals surface area contributed by atoms with Crippen molar-refractivity contribution >= 4 is 27.4 Å². The smallest absolute Gasteiger partial charge is 0.138 e. The van der Waals surface area contributed by atoms with Crippen molar-refractivity contribution in [3.05, 3.63) is 72.6 Å². The number of nitrogens with one attached hydrogen (secondary N) is 1. The summed E-state index contributed by atoms with van der Waals surface area (Å²) < 4.78 is 0. The summed E-state index contributed by atoms with van der Waals surface area (Å²) in [6.45, 7) is 1.90. The molecule has 4 rings (SSSR count). The molecule has 2 aromatic heterocycles. The molecule has 0 saturated heterocycles. The van der Waals surface area contributed by atoms with E-state index in [2.05, 4.69) is 33.5 Å². The first kappa shape index (κ1) is 17.5. The molecule has 2 aromatic carbocycles. The molecule has 136 valence electrons. The van der Waals surface area contributed by atoms with E-state index in [1.807, 2.05) is 25.1 Å². The summed E-state index contributed by atoms with van der Waals surface area (Å²) in [6, 6.07) is 18.5. The van der Waals surface area contributed by atoms with Gasteiger partial charge in [-0.3, -0.25) is 0 Å². The van der Waals surface area contributed by atoms with Crippen LogP contribution in [0.25, 0.3) is 20.7 Å². The molecule has 0 fully saturated rings. The first-order valence-corrected chi connectivity index (χ1v) is 9.47. The fraction of sp³-hybridized carbons (Fsp3) is 0.143. The second-order valence-corrected chi connectivity index (χ2v) is 7.42. The van der Waals surface area contributed by atoms with Crippen LogP contribution in [0.15, 0.2) is 67.0 Å². The molecule has 3 N–H and O–H groups in total. The van der Waals surface area contributed by atoms with Gasteiger partial charge in [0, 0.05) is 4.88 Å². The van der Waals surface area contributed by atoms with Gasteiger partial charge in [0.1, 0.15) is 22.7 Å². The number of aromatic nitrogens is 2. The van der Waals surface area contributed by atoms with Crippen LogP contribution in [0, 0.1) is 0 Å². The van der Waals surface area contributed by atoms with Crippen molar-refractivity contribution in [1.29, 1.82) is 0 Å². The van der Waals surface area contributed by atoms with E-state index >= 15 is 0 Å². The largest absolute Gasteiger partial charge is 0.508 e. The van der Waals surface area contributed by atoms with E-state index in [9.17, 15) is 10.2 Å². The van der Waals surface area contributed by atoms with Crippen LogP contribution >= 0.6 is 11.3 Å². The Morgan fingerprint density at radius 2 is 1.74 bits per heavy atom. The predicted molar refractivity (Wildman–Crippen MR) is 109 cm³/mol. The number of fused-ring (bicyclic) bond motifs is 1. The zero-order chi connectivity index (χ0) is 18.8. The highest BCUT2D eigenvalue weighted by atomic mass is 32.1. The number of anilines is 1. The van der Waals surface area contributed by atoms with Crippen molar-refractivity contribution in [2.75, 3.05) is 5.32 Å². The minimum atomic E-state index is -0.733. The molecule has 0 saturated carbocycles. The second-order valence-electron chi connectivity index (χ2n) is 6.39. The summed E-state index contributed by atoms with van der Waals surface area (Å²) in [6.07, 6.45) is 0.804. The summed E-state index contributed by atoms with van der Waals surface area (Å²) in [5, 5.41) is 24.3. The maximum Gasteiger partial charge on any atom is 0.138 e. The Morgan fingerprint density at radius 3 is 2.48 bits per heavy atom. The van der Waals surface area contributed by atoms with Gasteiger partial charge in [-0.15, -0.1) is 11.3 Å². The number of thiophene rings is 1. The summed E-state index contributed by atoms with van der Waals surface area (Å²) in [5.41, 5.74) is 1.87. The zero-order valence-corrected chi connectivity index (χ0v) is 15.5. The van der Waals surface area contributed by atoms with Gasteiger partial charge in [0.2, 0.25) is 0 Å². The first-order valence-electron chi connectivity index (χ1n) is 8.65. The van der Waals surface area contributed by atoms with Crippen LogP contribution in [-0.2, 0) is 0 Å². The second kappa shape index (κ2) is 7.34. The lowest BCUT2D eigenvalue weighted by Crippen LogP contribution is -2.24. The van der Waals surface area contributed by atoms with Crippen LogP contribution in [0.2, 0.25) is 0 Å². The Hall–Kier alpha value is -2.96. The molecule has 27 heavy (non-hydrogen) atoms. The van der Waals surface area contributed by atoms with Gasteiger partial charge in [-0.25, -0.2) is 9.97 Å². The number of aliphatic hydroxyl groups excluding tert-OH is 1. The van der Waals surface area contributed by atoms with Crippen molar-refractivity contribution in [3.63, 3.8) is 0 Å². The fourth-order valence-electron chi connectivity index (χ4n) is 2.97. The summed E-state index contributed by atoms with van der Waals surface area (Å²) in [7, 11) is 0. The Labute approximate surface area is 161 Å². The molecular weight excluding hydrogens is 358 g/mol. The van der Waals surface area contributed by atoms with Crippen molar-refractivity contribution in [2.45, 2.75) is 19.1 Å². The van der Waals surface area contributed by atoms with Gasteiger partial charge >= 0.3 is 0 Å². The average Bonchev–Trinajstić information content (AvgIpc) is 3.14. The monoisotopic (exact) mass is 377 g/mol. The number of phenols is 1. The van der Waals surface area contributed by atoms with Crippen molar-refractivity contribution in [3.8, 4) is 16.2 Å². The molecule has 0 radical (unpaired) electrons. The third-order valence-corrected chi connectivity index (χ3v) is 5.55. The molecule has 4 aromatic rings. The number of benzene rings is 2. The van der Waals surface area contributed by atoms with E-state index in [-0.39, 0.29) is 11.8 Å². The lowest BCUT2D eigenvalue weighted by Gasteiger charge is -2.21. The predicted octanol–water partition coefficient (Wildman–Crippen LogP) is 4.60. The molecule has 0 amide bonds. The summed E-state index contributed by atoms with van der Waals surface area (Å²) in [4.78, 5) is 10.8. The van der Waals surface area contributed by atoms with Crippen LogP contribution in [0.5, 0.6) is 5.75 Å². The number of aliphatic hydroxyl groups is 1. The summed E-state index contributed by atoms with van der Waals surface area (Å²) in [5.74, 6) is 0.875. The van der Waals surface area contributed by atoms with E-state index in [1.54, 1.807) is 35.6 Å². The Bertz CT molecular complexity index is 1050. The van der Waals surface area contributed by atoms with Crippen LogP contribution < -0.4 is 5.32 Å². The zero-order valence-electron chi connectivity index (χ0n) is 14.7. The highest BCUT2D eigenvalue weighted by Crippen LogP contribution is 2.35. The number of nitrogens with zero attached hydrogens (tertiary/aromatic N) is 2. The Balaban J connectivity index is 1.61. The average molecular weight is 377 g/mol. The van der Waals surface area contributed by atoms with Crippen LogP contribution in [0.4, 0.5) is 5.82 Å². The number of rotatable bonds is 5. The molecule has 0 aliphatic carbocycles. The molecule has 0 unspecified atom stereocenters. The maximum absolute atomic E-state index is 10.6. The third kappa shape index (κ3) is 3.63. The van der Waals surface area contributed by atoms with E-state index in [1.165, 1.54) is 6.33 Å². The quantitative estimate of drug-likeness (QED) is 0.474. The topological polar surface area (TPSA) is 78.3 Å². The van der Waals surface area contributed by atoms with Gasteiger partial charge in [-0.2, -0.15) is 0 Å². The standard InChI is InChI=1S/C21H19N3O2S/c1-13(19(26)15-7-9-16(25)10-8-15)24-20-17-11-18(14-5-3-2-4-6-14)27-21(17)23-12-22-20/h2-13,19,25-26H,1H3,(H,22,23,24)/t13-,19-/m1/s1. The maximum atomic E-state index is 10.6. The van der Waals surface area contributed by atoms with Crippen LogP contribution in [0.3, 0.4) is 0 Å². The molecule has 2 atom stereocenters. The fourth-order valence-corrected chi connectivity index (χ4v) is 3.97. The Morgan fingerprint density at radius 1 is 1.00 bits per heavy atom. The lowest BCUT2D eigenvalue weighted by atomic mass is 10.0. The van der Waals surface area contributed by atoms with Gasteiger partial charge in [0.25, 0.3) is 0 Å². The third-order valence-electron chi connectivity index (χ3n) is 4.46. The van der Waals surface area contributed by atoms with E-state index in [0.717, 1.165) is 26.2 Å². The van der Waals surface area contributed by atoms with Crippen molar-refractivity contribution < 1.29 is 10.2 Å². The molecule has 0 spiro atoms. The number of hydrogen-bond donors (Lipinski definition) is 3. The summed E-state index contributed by atoms with van der Waals surface area (Å²) >= 11 is 1.62. The van der Waals surface area contributed by atoms with Crippen LogP contribution in [-0.4, -0.2) is 26.2 Å². The molecular formula is C21H19N3O2S.